The van der Waals surface area contributed by atoms with Crippen LogP contribution in [0.2, 0.25) is 0 Å². The van der Waals surface area contributed by atoms with Gasteiger partial charge in [0, 0.05) is 30.0 Å². The first-order valence-electron chi connectivity index (χ1n) is 15.0. The maximum absolute atomic E-state index is 13.9. The minimum absolute atomic E-state index is 0.0245. The van der Waals surface area contributed by atoms with Gasteiger partial charge in [0.2, 0.25) is 11.5 Å². The van der Waals surface area contributed by atoms with E-state index < -0.39 is 82.9 Å². The number of Topliss-reactive ketones (excluding diaryl/α,β-unsaturated/α-hetero) is 1. The van der Waals surface area contributed by atoms with Crippen molar-refractivity contribution >= 4 is 64.4 Å². The molecule has 13 nitrogen and oxygen atoms in total. The van der Waals surface area contributed by atoms with Gasteiger partial charge >= 0.3 is 17.9 Å². The summed E-state index contributed by atoms with van der Waals surface area (Å²) in [5.74, 6) is -6.59. The molecule has 3 rings (SSSR count). The second-order valence-corrected chi connectivity index (χ2v) is 13.0. The predicted octanol–water partition coefficient (Wildman–Crippen LogP) is 2.84. The van der Waals surface area contributed by atoms with Crippen molar-refractivity contribution in [2.24, 2.45) is 17.0 Å². The summed E-state index contributed by atoms with van der Waals surface area (Å²) in [5, 5.41) is 26.7. The van der Waals surface area contributed by atoms with Crippen molar-refractivity contribution in [2.75, 3.05) is 6.61 Å². The van der Waals surface area contributed by atoms with E-state index in [1.165, 1.54) is 0 Å². The number of ether oxygens (including phenoxy) is 1. The van der Waals surface area contributed by atoms with Crippen molar-refractivity contribution in [1.82, 2.24) is 10.6 Å². The number of amides is 2. The van der Waals surface area contributed by atoms with Gasteiger partial charge < -0.3 is 30.4 Å². The van der Waals surface area contributed by atoms with Crippen LogP contribution in [-0.4, -0.2) is 86.5 Å². The van der Waals surface area contributed by atoms with Crippen LogP contribution in [0.15, 0.2) is 35.5 Å². The molecule has 0 bridgehead atoms. The minimum Gasteiger partial charge on any atom is -0.481 e. The number of carboxylic acid groups (broad SMARTS) is 2. The molecule has 15 heteroatoms. The smallest absolute Gasteiger partial charge is 0.312 e. The zero-order valence-corrected chi connectivity index (χ0v) is 27.1. The number of hydrogen-bond acceptors (Lipinski definition) is 9. The second-order valence-electron chi connectivity index (χ2n) is 11.9. The number of oxime groups is 1. The number of carbonyl (C=O) groups excluding carboxylic acids is 4. The average molecular weight is 685 g/mol. The number of hydrogen-bond donors (Lipinski definition) is 4. The Hall–Kier alpha value is -3.71. The molecule has 252 valence electrons. The van der Waals surface area contributed by atoms with Crippen molar-refractivity contribution in [3.63, 3.8) is 0 Å². The number of halogens is 2. The Kier molecular flexibility index (Phi) is 13.4. The van der Waals surface area contributed by atoms with Crippen molar-refractivity contribution < 1.29 is 48.6 Å². The Labute approximate surface area is 276 Å². The van der Waals surface area contributed by atoms with Gasteiger partial charge in [0.15, 0.2) is 12.4 Å². The number of esters is 1. The molecule has 4 N–H and O–H groups in total. The van der Waals surface area contributed by atoms with Crippen molar-refractivity contribution in [1.29, 1.82) is 0 Å². The summed E-state index contributed by atoms with van der Waals surface area (Å²) >= 11 is 12.6. The number of aliphatic carboxylic acids is 2. The van der Waals surface area contributed by atoms with Gasteiger partial charge in [-0.1, -0.05) is 55.8 Å². The molecule has 0 spiro atoms. The van der Waals surface area contributed by atoms with E-state index in [0.717, 1.165) is 6.42 Å². The molecule has 2 aliphatic rings. The summed E-state index contributed by atoms with van der Waals surface area (Å²) < 4.78 is 5.19. The van der Waals surface area contributed by atoms with Gasteiger partial charge in [-0.15, -0.1) is 23.2 Å². The highest BCUT2D eigenvalue weighted by Gasteiger charge is 2.49. The number of rotatable bonds is 16. The summed E-state index contributed by atoms with van der Waals surface area (Å²) in [4.78, 5) is 80.7. The fourth-order valence-electron chi connectivity index (χ4n) is 5.43. The normalized spacial score (nSPS) is 23.8. The lowest BCUT2D eigenvalue weighted by Crippen LogP contribution is -2.55. The number of carbonyl (C=O) groups is 6. The first-order valence-corrected chi connectivity index (χ1v) is 15.9. The van der Waals surface area contributed by atoms with E-state index in [4.69, 9.17) is 37.9 Å². The van der Waals surface area contributed by atoms with E-state index in [-0.39, 0.29) is 31.6 Å². The molecule has 1 saturated carbocycles. The summed E-state index contributed by atoms with van der Waals surface area (Å²) in [6, 6.07) is 6.51. The molecule has 3 unspecified atom stereocenters. The van der Waals surface area contributed by atoms with Gasteiger partial charge in [-0.2, -0.15) is 0 Å². The van der Waals surface area contributed by atoms with E-state index in [1.807, 2.05) is 0 Å². The lowest BCUT2D eigenvalue weighted by atomic mass is 9.84. The molecule has 1 aliphatic carbocycles. The summed E-state index contributed by atoms with van der Waals surface area (Å²) in [5.41, 5.74) is -0.753. The number of benzene rings is 1. The third-order valence-corrected chi connectivity index (χ3v) is 8.88. The maximum Gasteiger partial charge on any atom is 0.312 e. The number of ketones is 1. The third-order valence-electron chi connectivity index (χ3n) is 7.90. The molecule has 1 aromatic carbocycles. The van der Waals surface area contributed by atoms with Gasteiger partial charge in [-0.3, -0.25) is 28.8 Å². The van der Waals surface area contributed by atoms with Crippen molar-refractivity contribution in [3.8, 4) is 0 Å². The number of nitrogens with zero attached hydrogens (tertiary/aromatic N) is 1. The largest absolute Gasteiger partial charge is 0.481 e. The molecular weight excluding hydrogens is 645 g/mol. The van der Waals surface area contributed by atoms with Crippen LogP contribution in [0.4, 0.5) is 0 Å². The van der Waals surface area contributed by atoms with Crippen LogP contribution >= 0.6 is 23.2 Å². The zero-order chi connectivity index (χ0) is 34.0. The molecular formula is C31H39Cl2N3O10. The van der Waals surface area contributed by atoms with Crippen molar-refractivity contribution in [3.05, 3.63) is 35.9 Å². The Morgan fingerprint density at radius 2 is 1.65 bits per heavy atom. The van der Waals surface area contributed by atoms with Crippen LogP contribution in [0.3, 0.4) is 0 Å². The average Bonchev–Trinajstić information content (AvgIpc) is 3.41. The SMILES string of the molecule is CC(C)[C@H](NC(=O)CCC(=O)O)C1=NOC(Cc2ccccc2)(C(=O)N[C@@H](CC(=O)O)C(=O)COC(=O)C2C(Cl)CCCC2Cl)C1. The van der Waals surface area contributed by atoms with Crippen LogP contribution in [0.5, 0.6) is 0 Å². The van der Waals surface area contributed by atoms with Gasteiger partial charge in [0.05, 0.1) is 30.5 Å². The Balaban J connectivity index is 1.79. The maximum atomic E-state index is 13.9. The van der Waals surface area contributed by atoms with Gasteiger partial charge in [0.25, 0.3) is 5.91 Å². The molecule has 5 atom stereocenters. The highest BCUT2D eigenvalue weighted by Crippen LogP contribution is 2.34. The lowest BCUT2D eigenvalue weighted by molar-refractivity contribution is -0.154. The van der Waals surface area contributed by atoms with Gasteiger partial charge in [0.1, 0.15) is 6.04 Å². The quantitative estimate of drug-likeness (QED) is 0.148. The summed E-state index contributed by atoms with van der Waals surface area (Å²) in [7, 11) is 0. The van der Waals surface area contributed by atoms with Crippen LogP contribution < -0.4 is 10.6 Å². The van der Waals surface area contributed by atoms with Crippen LogP contribution in [0.1, 0.15) is 64.4 Å². The van der Waals surface area contributed by atoms with Crippen LogP contribution in [0.25, 0.3) is 0 Å². The van der Waals surface area contributed by atoms with E-state index in [0.29, 0.717) is 24.1 Å². The second kappa shape index (κ2) is 16.7. The summed E-state index contributed by atoms with van der Waals surface area (Å²) in [6.07, 6.45) is 0.257. The third kappa shape index (κ3) is 10.1. The molecule has 1 fully saturated rings. The van der Waals surface area contributed by atoms with E-state index in [9.17, 15) is 33.9 Å². The first kappa shape index (κ1) is 36.8. The fourth-order valence-corrected chi connectivity index (χ4v) is 6.37. The number of alkyl halides is 2. The highest BCUT2D eigenvalue weighted by atomic mass is 35.5. The standard InChI is InChI=1S/C31H39Cl2N3O10/c1-17(2)28(35-24(38)11-12-25(39)40)22-15-31(46-36-22,14-18-7-4-3-5-8-18)30(44)34-21(13-26(41)42)23(37)16-45-29(43)27-19(32)9-6-10-20(27)33/h3-5,7-8,17,19-21,27-28H,6,9-16H2,1-2H3,(H,34,44)(H,35,38)(H,39,40)(H,41,42)/t19?,20?,21-,27?,28-,31?/m0/s1. The molecule has 1 aliphatic heterocycles. The molecule has 46 heavy (non-hydrogen) atoms. The number of carboxylic acids is 2. The van der Waals surface area contributed by atoms with E-state index in [1.54, 1.807) is 44.2 Å². The molecule has 1 aromatic rings. The molecule has 2 amide bonds. The molecule has 1 heterocycles. The fraction of sp³-hybridized carbons (Fsp3) is 0.581. The molecule has 0 radical (unpaired) electrons. The van der Waals surface area contributed by atoms with Crippen LogP contribution in [-0.2, 0) is 44.8 Å². The molecule has 0 saturated heterocycles. The van der Waals surface area contributed by atoms with Crippen molar-refractivity contribution in [2.45, 2.75) is 93.7 Å². The Bertz CT molecular complexity index is 1310. The highest BCUT2D eigenvalue weighted by molar-refractivity contribution is 6.26. The predicted molar refractivity (Wildman–Crippen MR) is 166 cm³/mol. The monoisotopic (exact) mass is 683 g/mol. The zero-order valence-electron chi connectivity index (χ0n) is 25.6. The van der Waals surface area contributed by atoms with Gasteiger partial charge in [-0.05, 0) is 24.3 Å². The Morgan fingerprint density at radius 3 is 2.24 bits per heavy atom. The Morgan fingerprint density at radius 1 is 1.00 bits per heavy atom. The van der Waals surface area contributed by atoms with Crippen LogP contribution in [0, 0.1) is 11.8 Å². The lowest BCUT2D eigenvalue weighted by Gasteiger charge is -2.30. The van der Waals surface area contributed by atoms with Gasteiger partial charge in [-0.25, -0.2) is 0 Å². The van der Waals surface area contributed by atoms with E-state index >= 15 is 0 Å². The molecule has 0 aromatic heterocycles. The minimum atomic E-state index is -1.73. The first-order chi connectivity index (χ1) is 21.7. The summed E-state index contributed by atoms with van der Waals surface area (Å²) in [6.45, 7) is 2.79. The number of nitrogens with one attached hydrogen (secondary N) is 2. The van der Waals surface area contributed by atoms with E-state index in [2.05, 4.69) is 15.8 Å². The topological polar surface area (TPSA) is 198 Å².